The van der Waals surface area contributed by atoms with Gasteiger partial charge in [0.1, 0.15) is 0 Å². The van der Waals surface area contributed by atoms with E-state index < -0.39 is 0 Å². The number of likely N-dealkylation sites (tertiary alicyclic amines) is 1. The van der Waals surface area contributed by atoms with Gasteiger partial charge < -0.3 is 10.6 Å². The van der Waals surface area contributed by atoms with Gasteiger partial charge in [-0.2, -0.15) is 0 Å². The molecule has 2 N–H and O–H groups in total. The first-order valence-electron chi connectivity index (χ1n) is 8.36. The largest absolute Gasteiger partial charge is 0.356 e. The summed E-state index contributed by atoms with van der Waals surface area (Å²) < 4.78 is 0. The Hall–Kier alpha value is -1.88. The third kappa shape index (κ3) is 5.06. The fraction of sp³-hybridized carbons (Fsp3) is 0.556. The number of carbonyl (C=O) groups is 2. The molecule has 0 spiro atoms. The van der Waals surface area contributed by atoms with Crippen LogP contribution in [-0.2, 0) is 9.59 Å². The summed E-state index contributed by atoms with van der Waals surface area (Å²) in [6.45, 7) is 8.62. The van der Waals surface area contributed by atoms with Gasteiger partial charge in [0.15, 0.2) is 0 Å². The van der Waals surface area contributed by atoms with Crippen molar-refractivity contribution < 1.29 is 9.59 Å². The predicted molar refractivity (Wildman–Crippen MR) is 92.4 cm³/mol. The molecule has 1 aliphatic heterocycles. The zero-order valence-electron chi connectivity index (χ0n) is 14.3. The molecule has 1 saturated heterocycles. The zero-order chi connectivity index (χ0) is 16.8. The fourth-order valence-electron chi connectivity index (χ4n) is 3.02. The summed E-state index contributed by atoms with van der Waals surface area (Å²) >= 11 is 0. The Labute approximate surface area is 138 Å². The number of rotatable bonds is 5. The Kier molecular flexibility index (Phi) is 6.16. The first kappa shape index (κ1) is 17.5. The van der Waals surface area contributed by atoms with Gasteiger partial charge in [0, 0.05) is 18.2 Å². The van der Waals surface area contributed by atoms with E-state index in [1.165, 1.54) is 5.56 Å². The Bertz CT molecular complexity index is 563. The van der Waals surface area contributed by atoms with Crippen LogP contribution in [0.25, 0.3) is 0 Å². The van der Waals surface area contributed by atoms with Gasteiger partial charge >= 0.3 is 0 Å². The Morgan fingerprint density at radius 1 is 1.22 bits per heavy atom. The standard InChI is InChI=1S/C18H27N3O2/c1-4-19-18(23)15-7-9-21(10-8-15)12-17(22)20-16-6-5-13(2)11-14(16)3/h5-6,11,15H,4,7-10,12H2,1-3H3,(H,19,23)(H,20,22). The number of amides is 2. The van der Waals surface area contributed by atoms with E-state index in [1.54, 1.807) is 0 Å². The molecule has 1 aromatic rings. The minimum Gasteiger partial charge on any atom is -0.356 e. The molecule has 126 valence electrons. The van der Waals surface area contributed by atoms with E-state index in [0.717, 1.165) is 37.2 Å². The number of hydrogen-bond acceptors (Lipinski definition) is 3. The van der Waals surface area contributed by atoms with Gasteiger partial charge in [0.05, 0.1) is 6.54 Å². The number of benzene rings is 1. The number of aryl methyl sites for hydroxylation is 2. The number of nitrogens with one attached hydrogen (secondary N) is 2. The second-order valence-electron chi connectivity index (χ2n) is 6.31. The molecule has 0 saturated carbocycles. The molecule has 2 amide bonds. The summed E-state index contributed by atoms with van der Waals surface area (Å²) in [4.78, 5) is 26.1. The lowest BCUT2D eigenvalue weighted by Gasteiger charge is -2.30. The molecule has 0 radical (unpaired) electrons. The maximum Gasteiger partial charge on any atom is 0.238 e. The van der Waals surface area contributed by atoms with E-state index in [9.17, 15) is 9.59 Å². The first-order chi connectivity index (χ1) is 11.0. The second kappa shape index (κ2) is 8.11. The van der Waals surface area contributed by atoms with Crippen LogP contribution in [0.5, 0.6) is 0 Å². The van der Waals surface area contributed by atoms with Crippen LogP contribution in [-0.4, -0.2) is 42.9 Å². The maximum absolute atomic E-state index is 12.2. The van der Waals surface area contributed by atoms with Crippen molar-refractivity contribution in [2.24, 2.45) is 5.92 Å². The molecule has 1 heterocycles. The van der Waals surface area contributed by atoms with Crippen LogP contribution in [0.3, 0.4) is 0 Å². The molecule has 1 fully saturated rings. The minimum absolute atomic E-state index is 0.00779. The van der Waals surface area contributed by atoms with Crippen LogP contribution >= 0.6 is 0 Å². The van der Waals surface area contributed by atoms with Crippen LogP contribution in [0, 0.1) is 19.8 Å². The van der Waals surface area contributed by atoms with Crippen molar-refractivity contribution in [2.45, 2.75) is 33.6 Å². The van der Waals surface area contributed by atoms with Crippen molar-refractivity contribution in [3.05, 3.63) is 29.3 Å². The number of carbonyl (C=O) groups excluding carboxylic acids is 2. The highest BCUT2D eigenvalue weighted by Gasteiger charge is 2.25. The Balaban J connectivity index is 1.79. The van der Waals surface area contributed by atoms with Crippen LogP contribution < -0.4 is 10.6 Å². The summed E-state index contributed by atoms with van der Waals surface area (Å²) in [5.74, 6) is 0.244. The molecular formula is C18H27N3O2. The molecule has 0 aliphatic carbocycles. The summed E-state index contributed by atoms with van der Waals surface area (Å²) in [5.41, 5.74) is 3.14. The Morgan fingerprint density at radius 3 is 2.52 bits per heavy atom. The zero-order valence-corrected chi connectivity index (χ0v) is 14.3. The maximum atomic E-state index is 12.2. The van der Waals surface area contributed by atoms with E-state index in [-0.39, 0.29) is 17.7 Å². The molecule has 0 unspecified atom stereocenters. The molecule has 5 heteroatoms. The van der Waals surface area contributed by atoms with Crippen molar-refractivity contribution in [2.75, 3.05) is 31.5 Å². The number of hydrogen-bond donors (Lipinski definition) is 2. The lowest BCUT2D eigenvalue weighted by Crippen LogP contribution is -2.43. The molecule has 2 rings (SSSR count). The highest BCUT2D eigenvalue weighted by atomic mass is 16.2. The quantitative estimate of drug-likeness (QED) is 0.874. The van der Waals surface area contributed by atoms with Crippen molar-refractivity contribution in [3.8, 4) is 0 Å². The molecular weight excluding hydrogens is 290 g/mol. The summed E-state index contributed by atoms with van der Waals surface area (Å²) in [5, 5.41) is 5.86. The van der Waals surface area contributed by atoms with Gasteiger partial charge in [-0.15, -0.1) is 0 Å². The number of piperidine rings is 1. The van der Waals surface area contributed by atoms with Crippen molar-refractivity contribution in [1.29, 1.82) is 0 Å². The lowest BCUT2D eigenvalue weighted by molar-refractivity contribution is -0.126. The third-order valence-corrected chi connectivity index (χ3v) is 4.33. The normalized spacial score (nSPS) is 16.1. The van der Waals surface area contributed by atoms with E-state index in [0.29, 0.717) is 13.1 Å². The van der Waals surface area contributed by atoms with Gasteiger partial charge in [-0.05, 0) is 58.3 Å². The van der Waals surface area contributed by atoms with Gasteiger partial charge in [-0.3, -0.25) is 14.5 Å². The van der Waals surface area contributed by atoms with Crippen molar-refractivity contribution in [3.63, 3.8) is 0 Å². The van der Waals surface area contributed by atoms with Crippen LogP contribution in [0.4, 0.5) is 5.69 Å². The van der Waals surface area contributed by atoms with Gasteiger partial charge in [-0.1, -0.05) is 17.7 Å². The third-order valence-electron chi connectivity index (χ3n) is 4.33. The monoisotopic (exact) mass is 317 g/mol. The predicted octanol–water partition coefficient (Wildman–Crippen LogP) is 2.09. The van der Waals surface area contributed by atoms with Gasteiger partial charge in [0.2, 0.25) is 11.8 Å². The molecule has 0 bridgehead atoms. The smallest absolute Gasteiger partial charge is 0.238 e. The summed E-state index contributed by atoms with van der Waals surface area (Å²) in [6, 6.07) is 6.01. The lowest BCUT2D eigenvalue weighted by atomic mass is 9.96. The molecule has 0 atom stereocenters. The Morgan fingerprint density at radius 2 is 1.91 bits per heavy atom. The van der Waals surface area contributed by atoms with Crippen LogP contribution in [0.2, 0.25) is 0 Å². The second-order valence-corrected chi connectivity index (χ2v) is 6.31. The highest BCUT2D eigenvalue weighted by Crippen LogP contribution is 2.18. The average molecular weight is 317 g/mol. The molecule has 0 aromatic heterocycles. The van der Waals surface area contributed by atoms with Gasteiger partial charge in [-0.25, -0.2) is 0 Å². The van der Waals surface area contributed by atoms with Crippen molar-refractivity contribution in [1.82, 2.24) is 10.2 Å². The van der Waals surface area contributed by atoms with E-state index in [1.807, 2.05) is 32.9 Å². The minimum atomic E-state index is 0.00779. The molecule has 5 nitrogen and oxygen atoms in total. The summed E-state index contributed by atoms with van der Waals surface area (Å²) in [6.07, 6.45) is 1.64. The number of nitrogens with zero attached hydrogens (tertiary/aromatic N) is 1. The van der Waals surface area contributed by atoms with E-state index in [2.05, 4.69) is 21.6 Å². The van der Waals surface area contributed by atoms with E-state index in [4.69, 9.17) is 0 Å². The average Bonchev–Trinajstić information content (AvgIpc) is 2.51. The van der Waals surface area contributed by atoms with E-state index >= 15 is 0 Å². The van der Waals surface area contributed by atoms with Crippen LogP contribution in [0.15, 0.2) is 18.2 Å². The fourth-order valence-corrected chi connectivity index (χ4v) is 3.02. The molecule has 1 aliphatic rings. The van der Waals surface area contributed by atoms with Crippen LogP contribution in [0.1, 0.15) is 30.9 Å². The molecule has 23 heavy (non-hydrogen) atoms. The molecule has 1 aromatic carbocycles. The van der Waals surface area contributed by atoms with Gasteiger partial charge in [0.25, 0.3) is 0 Å². The first-order valence-corrected chi connectivity index (χ1v) is 8.36. The highest BCUT2D eigenvalue weighted by molar-refractivity contribution is 5.93. The number of anilines is 1. The topological polar surface area (TPSA) is 61.4 Å². The SMILES string of the molecule is CCNC(=O)C1CCN(CC(=O)Nc2ccc(C)cc2C)CC1. The van der Waals surface area contributed by atoms with Crippen molar-refractivity contribution >= 4 is 17.5 Å². The summed E-state index contributed by atoms with van der Waals surface area (Å²) in [7, 11) is 0.